The fourth-order valence-corrected chi connectivity index (χ4v) is 3.04. The second-order valence-corrected chi connectivity index (χ2v) is 11.4. The van der Waals surface area contributed by atoms with Gasteiger partial charge in [-0.15, -0.1) is 0 Å². The first-order valence-electron chi connectivity index (χ1n) is 12.4. The highest BCUT2D eigenvalue weighted by Gasteiger charge is 2.45. The monoisotopic (exact) mass is 626 g/mol. The standard InChI is InChI=1S/C22H34N2.2CHF3O3S/c1-3-5-7-9-15-23-17-11-21(12-18-23)22-13-19-24(20-14-22)16-10-8-6-4-2;2*2-1(3,4)8(5,6)7/h11-14,17-20H,3-10,15-16H2,1-2H3;2*(H,5,6,7). The first-order valence-corrected chi connectivity index (χ1v) is 15.3. The third kappa shape index (κ3) is 16.1. The minimum absolute atomic E-state index is 1.13. The second kappa shape index (κ2) is 17.5. The molecule has 2 N–H and O–H groups in total. The quantitative estimate of drug-likeness (QED) is 0.116. The Morgan fingerprint density at radius 2 is 0.825 bits per heavy atom. The van der Waals surface area contributed by atoms with Gasteiger partial charge in [0.15, 0.2) is 0 Å². The van der Waals surface area contributed by atoms with Crippen molar-refractivity contribution in [1.29, 1.82) is 0 Å². The van der Waals surface area contributed by atoms with Crippen molar-refractivity contribution in [2.75, 3.05) is 13.1 Å². The highest BCUT2D eigenvalue weighted by Crippen LogP contribution is 2.22. The van der Waals surface area contributed by atoms with E-state index >= 15 is 0 Å². The topological polar surface area (TPSA) is 115 Å². The van der Waals surface area contributed by atoms with Crippen molar-refractivity contribution in [3.8, 4) is 0 Å². The van der Waals surface area contributed by atoms with E-state index in [2.05, 4.69) is 72.8 Å². The van der Waals surface area contributed by atoms with E-state index in [1.165, 1.54) is 62.5 Å². The van der Waals surface area contributed by atoms with Crippen molar-refractivity contribution < 1.29 is 52.3 Å². The van der Waals surface area contributed by atoms with E-state index in [9.17, 15) is 26.3 Å². The van der Waals surface area contributed by atoms with Gasteiger partial charge in [0, 0.05) is 37.9 Å². The fourth-order valence-electron chi connectivity index (χ4n) is 3.04. The van der Waals surface area contributed by atoms with Gasteiger partial charge in [0.25, 0.3) is 0 Å². The zero-order valence-corrected chi connectivity index (χ0v) is 23.8. The summed E-state index contributed by atoms with van der Waals surface area (Å²) in [4.78, 5) is 4.60. The summed E-state index contributed by atoms with van der Waals surface area (Å²) in [6.07, 6.45) is 28.3. The minimum atomic E-state index is -5.84. The normalized spacial score (nSPS) is 15.6. The summed E-state index contributed by atoms with van der Waals surface area (Å²) in [5, 5.41) is 0. The predicted octanol–water partition coefficient (Wildman–Crippen LogP) is 6.92. The molecule has 0 aromatic rings. The van der Waals surface area contributed by atoms with Crippen molar-refractivity contribution in [2.45, 2.75) is 76.2 Å². The highest BCUT2D eigenvalue weighted by atomic mass is 32.2. The highest BCUT2D eigenvalue weighted by molar-refractivity contribution is 7.86. The van der Waals surface area contributed by atoms with Crippen LogP contribution in [0.15, 0.2) is 60.3 Å². The number of allylic oxidation sites excluding steroid dienone is 6. The number of halogens is 6. The largest absolute Gasteiger partial charge is 0.522 e. The zero-order valence-electron chi connectivity index (χ0n) is 22.2. The van der Waals surface area contributed by atoms with Crippen LogP contribution in [0.4, 0.5) is 26.3 Å². The van der Waals surface area contributed by atoms with Crippen LogP contribution >= 0.6 is 0 Å². The third-order valence-corrected chi connectivity index (χ3v) is 6.41. The van der Waals surface area contributed by atoms with Crippen molar-refractivity contribution in [1.82, 2.24) is 9.80 Å². The van der Waals surface area contributed by atoms with Crippen LogP contribution in [0, 0.1) is 0 Å². The van der Waals surface area contributed by atoms with Gasteiger partial charge < -0.3 is 9.80 Å². The second-order valence-electron chi connectivity index (χ2n) is 8.61. The average molecular weight is 627 g/mol. The molecule has 0 atom stereocenters. The van der Waals surface area contributed by atoms with Crippen molar-refractivity contribution in [3.05, 3.63) is 60.3 Å². The Morgan fingerprint density at radius 1 is 0.575 bits per heavy atom. The summed E-state index contributed by atoms with van der Waals surface area (Å²) in [7, 11) is -11.7. The summed E-state index contributed by atoms with van der Waals surface area (Å²) < 4.78 is 115. The van der Waals surface area contributed by atoms with Gasteiger partial charge in [0.2, 0.25) is 0 Å². The van der Waals surface area contributed by atoms with Gasteiger partial charge in [0.05, 0.1) is 0 Å². The van der Waals surface area contributed by atoms with Crippen molar-refractivity contribution >= 4 is 20.2 Å². The summed E-state index contributed by atoms with van der Waals surface area (Å²) in [5.41, 5.74) is -8.46. The molecule has 0 spiro atoms. The van der Waals surface area contributed by atoms with E-state index in [-0.39, 0.29) is 0 Å². The molecule has 2 aliphatic rings. The molecule has 0 aliphatic carbocycles. The molecule has 2 heterocycles. The molecule has 0 bridgehead atoms. The van der Waals surface area contributed by atoms with Gasteiger partial charge in [-0.25, -0.2) is 0 Å². The Kier molecular flexibility index (Phi) is 16.5. The van der Waals surface area contributed by atoms with Crippen LogP contribution in [0.3, 0.4) is 0 Å². The summed E-state index contributed by atoms with van der Waals surface area (Å²) in [6, 6.07) is 0. The van der Waals surface area contributed by atoms with Crippen LogP contribution in [0.2, 0.25) is 0 Å². The average Bonchev–Trinajstić information content (AvgIpc) is 2.84. The van der Waals surface area contributed by atoms with E-state index in [1.54, 1.807) is 0 Å². The molecule has 0 aromatic carbocycles. The molecule has 0 saturated carbocycles. The molecule has 8 nitrogen and oxygen atoms in total. The molecule has 0 unspecified atom stereocenters. The van der Waals surface area contributed by atoms with Crippen LogP contribution in [0.25, 0.3) is 0 Å². The van der Waals surface area contributed by atoms with Crippen molar-refractivity contribution in [3.63, 3.8) is 0 Å². The molecule has 0 amide bonds. The van der Waals surface area contributed by atoms with Crippen LogP contribution in [-0.2, 0) is 20.2 Å². The lowest BCUT2D eigenvalue weighted by molar-refractivity contribution is -0.0514. The lowest BCUT2D eigenvalue weighted by atomic mass is 10.0. The number of hydrogen-bond donors (Lipinski definition) is 2. The minimum Gasteiger partial charge on any atom is -0.354 e. The maximum absolute atomic E-state index is 10.7. The SMILES string of the molecule is CCCCCCN1C=CC(=C2C=CN(CCCCCC)C=C2)C=C1.O=S(=O)(O)C(F)(F)F.O=S(=O)(O)C(F)(F)F. The van der Waals surface area contributed by atoms with Crippen molar-refractivity contribution in [2.24, 2.45) is 0 Å². The number of hydrogen-bond acceptors (Lipinski definition) is 6. The number of rotatable bonds is 10. The molecular weight excluding hydrogens is 590 g/mol. The molecule has 0 saturated heterocycles. The van der Waals surface area contributed by atoms with Gasteiger partial charge in [0.1, 0.15) is 0 Å². The van der Waals surface area contributed by atoms with Gasteiger partial charge in [-0.3, -0.25) is 9.11 Å². The molecule has 40 heavy (non-hydrogen) atoms. The molecule has 0 radical (unpaired) electrons. The van der Waals surface area contributed by atoms with Crippen LogP contribution < -0.4 is 0 Å². The first kappa shape index (κ1) is 37.7. The number of nitrogens with zero attached hydrogens (tertiary/aromatic N) is 2. The lowest BCUT2D eigenvalue weighted by Crippen LogP contribution is -2.21. The number of unbranched alkanes of at least 4 members (excludes halogenated alkanes) is 6. The maximum atomic E-state index is 10.7. The van der Waals surface area contributed by atoms with E-state index in [0.717, 1.165) is 13.1 Å². The smallest absolute Gasteiger partial charge is 0.354 e. The number of alkyl halides is 6. The Hall–Kier alpha value is -2.30. The van der Waals surface area contributed by atoms with Gasteiger partial charge in [-0.1, -0.05) is 52.4 Å². The van der Waals surface area contributed by atoms with Gasteiger partial charge in [-0.05, 0) is 48.3 Å². The predicted molar refractivity (Wildman–Crippen MR) is 140 cm³/mol. The molecule has 2 aliphatic heterocycles. The molecule has 2 rings (SSSR count). The molecule has 0 aromatic heterocycles. The fraction of sp³-hybridized carbons (Fsp3) is 0.583. The molecule has 16 heteroatoms. The lowest BCUT2D eigenvalue weighted by Gasteiger charge is -2.22. The summed E-state index contributed by atoms with van der Waals surface area (Å²) >= 11 is 0. The van der Waals surface area contributed by atoms with Gasteiger partial charge >= 0.3 is 31.3 Å². The molecule has 0 fully saturated rings. The Morgan fingerprint density at radius 3 is 1.02 bits per heavy atom. The molecular formula is C24H36F6N2O6S2. The van der Waals surface area contributed by atoms with Crippen LogP contribution in [0.1, 0.15) is 65.2 Å². The third-order valence-electron chi connectivity index (χ3n) is 5.24. The van der Waals surface area contributed by atoms with E-state index in [0.29, 0.717) is 0 Å². The van der Waals surface area contributed by atoms with E-state index in [1.807, 2.05) is 0 Å². The van der Waals surface area contributed by atoms with E-state index in [4.69, 9.17) is 25.9 Å². The van der Waals surface area contributed by atoms with Gasteiger partial charge in [-0.2, -0.15) is 43.2 Å². The zero-order chi connectivity index (χ0) is 31.0. The molecule has 232 valence electrons. The van der Waals surface area contributed by atoms with Crippen LogP contribution in [0.5, 0.6) is 0 Å². The Bertz CT molecular complexity index is 1010. The maximum Gasteiger partial charge on any atom is 0.522 e. The Labute approximate surface area is 231 Å². The van der Waals surface area contributed by atoms with E-state index < -0.39 is 31.3 Å². The summed E-state index contributed by atoms with van der Waals surface area (Å²) in [6.45, 7) is 6.78. The Balaban J connectivity index is 0.000000780. The summed E-state index contributed by atoms with van der Waals surface area (Å²) in [5.74, 6) is 0. The van der Waals surface area contributed by atoms with Crippen LogP contribution in [-0.4, -0.2) is 59.8 Å². The first-order chi connectivity index (χ1) is 18.3.